The SMILES string of the molecule is CCN1CCN(C(=O)N[C@@H](C(=O)N[C@H]2Cc3cccc(C(=O)O)c3OB2O)c2cc(F)c(C(=O)O)cc2Cl)C(=O)C1=O. The summed E-state index contributed by atoms with van der Waals surface area (Å²) in [5.74, 6) is -8.73. The Labute approximate surface area is 242 Å². The molecule has 5 amide bonds. The van der Waals surface area contributed by atoms with E-state index in [0.717, 1.165) is 6.07 Å². The zero-order valence-electron chi connectivity index (χ0n) is 21.8. The maximum absolute atomic E-state index is 14.7. The quantitative estimate of drug-likeness (QED) is 0.218. The second-order valence-electron chi connectivity index (χ2n) is 9.31. The molecule has 0 spiro atoms. The van der Waals surface area contributed by atoms with Crippen molar-refractivity contribution in [1.29, 1.82) is 0 Å². The van der Waals surface area contributed by atoms with Crippen molar-refractivity contribution >= 4 is 54.4 Å². The number of carbonyl (C=O) groups excluding carboxylic acids is 4. The number of piperazine rings is 1. The molecule has 0 aromatic heterocycles. The summed E-state index contributed by atoms with van der Waals surface area (Å²) in [5.41, 5.74) is -1.09. The molecule has 5 N–H and O–H groups in total. The van der Waals surface area contributed by atoms with Gasteiger partial charge in [-0.2, -0.15) is 0 Å². The fourth-order valence-electron chi connectivity index (χ4n) is 4.59. The lowest BCUT2D eigenvalue weighted by Gasteiger charge is -2.33. The van der Waals surface area contributed by atoms with Crippen LogP contribution in [0.15, 0.2) is 30.3 Å². The number of imide groups is 1. The van der Waals surface area contributed by atoms with Gasteiger partial charge in [-0.25, -0.2) is 18.8 Å². The number of aromatic carboxylic acids is 2. The van der Waals surface area contributed by atoms with Gasteiger partial charge < -0.3 is 35.4 Å². The zero-order chi connectivity index (χ0) is 30.9. The Bertz CT molecular complexity index is 1510. The number of carboxylic acid groups (broad SMARTS) is 2. The van der Waals surface area contributed by atoms with Crippen molar-refractivity contribution in [3.8, 4) is 5.75 Å². The van der Waals surface area contributed by atoms with E-state index in [4.69, 9.17) is 16.3 Å². The van der Waals surface area contributed by atoms with Crippen LogP contribution >= 0.6 is 11.6 Å². The Balaban J connectivity index is 1.64. The van der Waals surface area contributed by atoms with Crippen LogP contribution < -0.4 is 15.3 Å². The third-order valence-electron chi connectivity index (χ3n) is 6.77. The van der Waals surface area contributed by atoms with Crippen LogP contribution in [0.5, 0.6) is 5.75 Å². The van der Waals surface area contributed by atoms with E-state index in [9.17, 15) is 48.4 Å². The number of urea groups is 1. The number of nitrogens with one attached hydrogen (secondary N) is 2. The maximum atomic E-state index is 14.7. The van der Waals surface area contributed by atoms with Gasteiger partial charge in [0, 0.05) is 30.2 Å². The molecule has 0 unspecified atom stereocenters. The molecule has 0 radical (unpaired) electrons. The molecule has 2 aliphatic heterocycles. The summed E-state index contributed by atoms with van der Waals surface area (Å²) < 4.78 is 20.0. The monoisotopic (exact) mass is 604 g/mol. The number of amides is 5. The van der Waals surface area contributed by atoms with Crippen molar-refractivity contribution < 1.29 is 53.0 Å². The number of rotatable bonds is 7. The molecule has 4 rings (SSSR count). The molecule has 1 fully saturated rings. The summed E-state index contributed by atoms with van der Waals surface area (Å²) in [6.45, 7) is 1.68. The molecule has 0 saturated carbocycles. The number of nitrogens with zero attached hydrogens (tertiary/aromatic N) is 2. The highest BCUT2D eigenvalue weighted by Gasteiger charge is 2.41. The second kappa shape index (κ2) is 12.0. The van der Waals surface area contributed by atoms with Gasteiger partial charge in [0.25, 0.3) is 0 Å². The van der Waals surface area contributed by atoms with E-state index in [-0.39, 0.29) is 37.4 Å². The second-order valence-corrected chi connectivity index (χ2v) is 9.72. The predicted molar refractivity (Wildman–Crippen MR) is 141 cm³/mol. The normalized spacial score (nSPS) is 17.2. The molecule has 220 valence electrons. The third kappa shape index (κ3) is 5.85. The Morgan fingerprint density at radius 1 is 1.12 bits per heavy atom. The number of carbonyl (C=O) groups is 6. The Morgan fingerprint density at radius 3 is 2.45 bits per heavy atom. The van der Waals surface area contributed by atoms with Crippen LogP contribution in [-0.2, 0) is 20.8 Å². The van der Waals surface area contributed by atoms with Gasteiger partial charge in [-0.05, 0) is 37.1 Å². The third-order valence-corrected chi connectivity index (χ3v) is 7.10. The van der Waals surface area contributed by atoms with Crippen molar-refractivity contribution in [3.63, 3.8) is 0 Å². The first-order valence-corrected chi connectivity index (χ1v) is 12.9. The summed E-state index contributed by atoms with van der Waals surface area (Å²) in [6, 6.07) is 2.53. The fraction of sp³-hybridized carbons (Fsp3) is 0.280. The van der Waals surface area contributed by atoms with Gasteiger partial charge in [-0.1, -0.05) is 23.7 Å². The van der Waals surface area contributed by atoms with Crippen molar-refractivity contribution in [2.45, 2.75) is 25.3 Å². The van der Waals surface area contributed by atoms with E-state index < -0.39 is 76.8 Å². The number of hydrogen-bond acceptors (Lipinski definition) is 8. The first kappa shape index (κ1) is 30.3. The van der Waals surface area contributed by atoms with Crippen molar-refractivity contribution in [1.82, 2.24) is 20.4 Å². The van der Waals surface area contributed by atoms with Gasteiger partial charge in [0.1, 0.15) is 17.6 Å². The highest BCUT2D eigenvalue weighted by atomic mass is 35.5. The van der Waals surface area contributed by atoms with Gasteiger partial charge in [-0.15, -0.1) is 0 Å². The summed E-state index contributed by atoms with van der Waals surface area (Å²) >= 11 is 6.20. The van der Waals surface area contributed by atoms with Gasteiger partial charge in [0.2, 0.25) is 5.91 Å². The lowest BCUT2D eigenvalue weighted by Crippen LogP contribution is -2.60. The summed E-state index contributed by atoms with van der Waals surface area (Å²) in [7, 11) is -1.75. The molecule has 2 atom stereocenters. The van der Waals surface area contributed by atoms with Crippen LogP contribution in [0.2, 0.25) is 5.02 Å². The van der Waals surface area contributed by atoms with Gasteiger partial charge >= 0.3 is 36.9 Å². The van der Waals surface area contributed by atoms with Crippen molar-refractivity contribution in [2.75, 3.05) is 19.6 Å². The van der Waals surface area contributed by atoms with E-state index in [1.165, 1.54) is 23.1 Å². The minimum Gasteiger partial charge on any atom is -0.534 e. The molecule has 2 aliphatic rings. The molecule has 42 heavy (non-hydrogen) atoms. The zero-order valence-corrected chi connectivity index (χ0v) is 22.6. The molecule has 1 saturated heterocycles. The highest BCUT2D eigenvalue weighted by molar-refractivity contribution is 6.47. The highest BCUT2D eigenvalue weighted by Crippen LogP contribution is 2.31. The number of carboxylic acids is 2. The van der Waals surface area contributed by atoms with E-state index in [1.807, 2.05) is 0 Å². The van der Waals surface area contributed by atoms with Crippen LogP contribution in [0.4, 0.5) is 9.18 Å². The molecular weight excluding hydrogens is 582 g/mol. The predicted octanol–water partition coefficient (Wildman–Crippen LogP) is 0.457. The molecule has 14 nitrogen and oxygen atoms in total. The molecule has 0 aliphatic carbocycles. The molecule has 2 aromatic rings. The van der Waals surface area contributed by atoms with Gasteiger partial charge in [-0.3, -0.25) is 19.3 Å². The lowest BCUT2D eigenvalue weighted by molar-refractivity contribution is -0.153. The number of para-hydroxylation sites is 1. The minimum atomic E-state index is -1.85. The molecule has 2 heterocycles. The van der Waals surface area contributed by atoms with Crippen LogP contribution in [0.25, 0.3) is 0 Å². The summed E-state index contributed by atoms with van der Waals surface area (Å²) in [4.78, 5) is 76.1. The van der Waals surface area contributed by atoms with Gasteiger partial charge in [0.15, 0.2) is 0 Å². The Morgan fingerprint density at radius 2 is 1.81 bits per heavy atom. The van der Waals surface area contributed by atoms with E-state index in [1.54, 1.807) is 6.92 Å². The van der Waals surface area contributed by atoms with E-state index >= 15 is 0 Å². The van der Waals surface area contributed by atoms with Gasteiger partial charge in [0.05, 0.1) is 17.1 Å². The Kier molecular flexibility index (Phi) is 8.68. The van der Waals surface area contributed by atoms with E-state index in [2.05, 4.69) is 10.6 Å². The average molecular weight is 605 g/mol. The topological polar surface area (TPSA) is 203 Å². The van der Waals surface area contributed by atoms with Crippen molar-refractivity contribution in [3.05, 3.63) is 63.4 Å². The number of fused-ring (bicyclic) bond motifs is 1. The van der Waals surface area contributed by atoms with Crippen LogP contribution in [-0.4, -0.2) is 93.4 Å². The smallest absolute Gasteiger partial charge is 0.534 e. The average Bonchev–Trinajstić information content (AvgIpc) is 2.94. The molecule has 17 heteroatoms. The number of benzene rings is 2. The van der Waals surface area contributed by atoms with Crippen molar-refractivity contribution in [2.24, 2.45) is 0 Å². The number of halogens is 2. The molecular formula is C25H23BClFN4O10. The van der Waals surface area contributed by atoms with E-state index in [0.29, 0.717) is 16.5 Å². The maximum Gasteiger partial charge on any atom is 0.547 e. The van der Waals surface area contributed by atoms with Crippen LogP contribution in [0, 0.1) is 5.82 Å². The number of hydrogen-bond donors (Lipinski definition) is 5. The largest absolute Gasteiger partial charge is 0.547 e. The fourth-order valence-corrected chi connectivity index (χ4v) is 4.86. The number of likely N-dealkylation sites (N-methyl/N-ethyl adjacent to an activating group) is 1. The minimum absolute atomic E-state index is 0.0252. The summed E-state index contributed by atoms with van der Waals surface area (Å²) in [6.07, 6.45) is -0.115. The Hall–Kier alpha value is -4.70. The molecule has 0 bridgehead atoms. The first-order chi connectivity index (χ1) is 19.8. The molecule has 2 aromatic carbocycles. The summed E-state index contributed by atoms with van der Waals surface area (Å²) in [5, 5.41) is 33.4. The standard InChI is InChI=1S/C25H23BClFN4O10/c1-2-31-6-7-32(22(35)21(31)34)25(40)30-18(13-10-16(28)14(24(38)39)9-15(13)27)20(33)29-17-8-11-4-3-5-12(23(36)37)19(11)42-26(17)41/h3-5,9-10,17-18,41H,2,6-8H2,1H3,(H,29,33)(H,30,40)(H,36,37)(H,38,39)/t17-,18+/m0/s1. The van der Waals surface area contributed by atoms with Crippen LogP contribution in [0.1, 0.15) is 44.8 Å². The first-order valence-electron chi connectivity index (χ1n) is 12.5. The lowest BCUT2D eigenvalue weighted by atomic mass is 9.72. The van der Waals surface area contributed by atoms with Crippen LogP contribution in [0.3, 0.4) is 0 Å².